The molecule has 3 N–H and O–H groups in total. The van der Waals surface area contributed by atoms with Crippen LogP contribution in [0.15, 0.2) is 18.2 Å². The van der Waals surface area contributed by atoms with E-state index in [1.54, 1.807) is 6.07 Å². The summed E-state index contributed by atoms with van der Waals surface area (Å²) in [5.41, 5.74) is 6.21. The van der Waals surface area contributed by atoms with E-state index in [-0.39, 0.29) is 0 Å². The first-order chi connectivity index (χ1) is 8.95. The maximum atomic E-state index is 11.3. The van der Waals surface area contributed by atoms with E-state index in [9.17, 15) is 4.79 Å². The second-order valence-electron chi connectivity index (χ2n) is 4.68. The molecule has 1 amide bonds. The molecule has 1 rings (SSSR count). The number of ether oxygens (including phenoxy) is 1. The molecule has 1 aromatic carbocycles. The molecule has 1 aromatic rings. The molecule has 0 aromatic heterocycles. The lowest BCUT2D eigenvalue weighted by atomic mass is 10.1. The summed E-state index contributed by atoms with van der Waals surface area (Å²) >= 11 is 6.15. The Kier molecular flexibility index (Phi) is 6.12. The highest BCUT2D eigenvalue weighted by atomic mass is 35.5. The standard InChI is InChI=1S/C14H21ClN2O2/c1-4-12(14(16)18)19-13-10(8-17-9(2)3)6-5-7-11(13)15/h5-7,9,12,17H,4,8H2,1-3H3,(H2,16,18). The lowest BCUT2D eigenvalue weighted by Gasteiger charge is -2.19. The van der Waals surface area contributed by atoms with Crippen molar-refractivity contribution >= 4 is 17.5 Å². The van der Waals surface area contributed by atoms with Gasteiger partial charge >= 0.3 is 0 Å². The van der Waals surface area contributed by atoms with Gasteiger partial charge in [0.1, 0.15) is 5.75 Å². The number of carbonyl (C=O) groups excluding carboxylic acids is 1. The largest absolute Gasteiger partial charge is 0.479 e. The van der Waals surface area contributed by atoms with Crippen LogP contribution < -0.4 is 15.8 Å². The Bertz CT molecular complexity index is 435. The van der Waals surface area contributed by atoms with Crippen LogP contribution in [0, 0.1) is 0 Å². The number of carbonyl (C=O) groups is 1. The zero-order chi connectivity index (χ0) is 14.4. The van der Waals surface area contributed by atoms with Crippen molar-refractivity contribution in [3.8, 4) is 5.75 Å². The number of nitrogens with one attached hydrogen (secondary N) is 1. The van der Waals surface area contributed by atoms with Gasteiger partial charge < -0.3 is 15.8 Å². The van der Waals surface area contributed by atoms with E-state index in [1.165, 1.54) is 0 Å². The third kappa shape index (κ3) is 4.73. The van der Waals surface area contributed by atoms with Crippen molar-refractivity contribution in [1.29, 1.82) is 0 Å². The van der Waals surface area contributed by atoms with Crippen LogP contribution >= 0.6 is 11.6 Å². The molecule has 0 radical (unpaired) electrons. The summed E-state index contributed by atoms with van der Waals surface area (Å²) in [6, 6.07) is 5.87. The molecule has 0 aliphatic rings. The molecule has 106 valence electrons. The first kappa shape index (κ1) is 15.8. The van der Waals surface area contributed by atoms with Crippen molar-refractivity contribution in [2.24, 2.45) is 5.73 Å². The van der Waals surface area contributed by atoms with E-state index in [4.69, 9.17) is 22.1 Å². The smallest absolute Gasteiger partial charge is 0.258 e. The van der Waals surface area contributed by atoms with Crippen molar-refractivity contribution in [3.05, 3.63) is 28.8 Å². The van der Waals surface area contributed by atoms with Gasteiger partial charge in [0.2, 0.25) is 0 Å². The average molecular weight is 285 g/mol. The number of rotatable bonds is 7. The molecule has 0 aliphatic carbocycles. The van der Waals surface area contributed by atoms with Crippen LogP contribution in [0.1, 0.15) is 32.8 Å². The van der Waals surface area contributed by atoms with Gasteiger partial charge in [-0.3, -0.25) is 4.79 Å². The van der Waals surface area contributed by atoms with Crippen LogP contribution in [0.4, 0.5) is 0 Å². The zero-order valence-corrected chi connectivity index (χ0v) is 12.3. The Morgan fingerprint density at radius 2 is 2.16 bits per heavy atom. The van der Waals surface area contributed by atoms with Gasteiger partial charge in [-0.1, -0.05) is 44.5 Å². The SMILES string of the molecule is CCC(Oc1c(Cl)cccc1CNC(C)C)C(N)=O. The molecule has 0 bridgehead atoms. The van der Waals surface area contributed by atoms with E-state index in [2.05, 4.69) is 19.2 Å². The molecule has 0 fully saturated rings. The normalized spacial score (nSPS) is 12.5. The summed E-state index contributed by atoms with van der Waals surface area (Å²) in [4.78, 5) is 11.3. The molecular formula is C14H21ClN2O2. The second-order valence-corrected chi connectivity index (χ2v) is 5.09. The molecular weight excluding hydrogens is 264 g/mol. The number of para-hydroxylation sites is 1. The van der Waals surface area contributed by atoms with Crippen LogP contribution in [0.3, 0.4) is 0 Å². The predicted octanol–water partition coefficient (Wildman–Crippen LogP) is 2.48. The second kappa shape index (κ2) is 7.36. The van der Waals surface area contributed by atoms with E-state index in [1.807, 2.05) is 19.1 Å². The number of nitrogens with two attached hydrogens (primary N) is 1. The maximum absolute atomic E-state index is 11.3. The van der Waals surface area contributed by atoms with Gasteiger partial charge in [-0.25, -0.2) is 0 Å². The fraction of sp³-hybridized carbons (Fsp3) is 0.500. The Morgan fingerprint density at radius 1 is 1.47 bits per heavy atom. The summed E-state index contributed by atoms with van der Waals surface area (Å²) < 4.78 is 5.67. The third-order valence-corrected chi connectivity index (χ3v) is 3.00. The Labute approximate surface area is 119 Å². The minimum Gasteiger partial charge on any atom is -0.479 e. The Hall–Kier alpha value is -1.26. The van der Waals surface area contributed by atoms with Gasteiger partial charge in [0.05, 0.1) is 5.02 Å². The number of hydrogen-bond donors (Lipinski definition) is 2. The Balaban J connectivity index is 2.93. The lowest BCUT2D eigenvalue weighted by Crippen LogP contribution is -2.33. The molecule has 0 aliphatic heterocycles. The van der Waals surface area contributed by atoms with Gasteiger partial charge in [-0.2, -0.15) is 0 Å². The van der Waals surface area contributed by atoms with Crippen LogP contribution in [0.25, 0.3) is 0 Å². The van der Waals surface area contributed by atoms with Crippen molar-refractivity contribution in [2.45, 2.75) is 45.9 Å². The lowest BCUT2D eigenvalue weighted by molar-refractivity contribution is -0.124. The molecule has 19 heavy (non-hydrogen) atoms. The van der Waals surface area contributed by atoms with E-state index >= 15 is 0 Å². The molecule has 0 spiro atoms. The molecule has 0 saturated carbocycles. The highest BCUT2D eigenvalue weighted by molar-refractivity contribution is 6.32. The Morgan fingerprint density at radius 3 is 2.68 bits per heavy atom. The molecule has 0 heterocycles. The fourth-order valence-corrected chi connectivity index (χ4v) is 1.86. The van der Waals surface area contributed by atoms with Gasteiger partial charge in [0.25, 0.3) is 5.91 Å². The van der Waals surface area contributed by atoms with Crippen LogP contribution in [0.5, 0.6) is 5.75 Å². The van der Waals surface area contributed by atoms with Gasteiger partial charge in [0, 0.05) is 18.2 Å². The van der Waals surface area contributed by atoms with Crippen molar-refractivity contribution in [3.63, 3.8) is 0 Å². The van der Waals surface area contributed by atoms with Crippen molar-refractivity contribution in [2.75, 3.05) is 0 Å². The number of hydrogen-bond acceptors (Lipinski definition) is 3. The molecule has 1 atom stereocenters. The third-order valence-electron chi connectivity index (χ3n) is 2.70. The maximum Gasteiger partial charge on any atom is 0.258 e. The van der Waals surface area contributed by atoms with Gasteiger partial charge in [0.15, 0.2) is 6.10 Å². The van der Waals surface area contributed by atoms with E-state index < -0.39 is 12.0 Å². The topological polar surface area (TPSA) is 64.3 Å². The highest BCUT2D eigenvalue weighted by Gasteiger charge is 2.18. The summed E-state index contributed by atoms with van der Waals surface area (Å²) in [6.45, 7) is 6.59. The van der Waals surface area contributed by atoms with Crippen LogP contribution in [-0.2, 0) is 11.3 Å². The van der Waals surface area contributed by atoms with E-state index in [0.717, 1.165) is 5.56 Å². The summed E-state index contributed by atoms with van der Waals surface area (Å²) in [6.07, 6.45) is -0.143. The molecule has 4 nitrogen and oxygen atoms in total. The average Bonchev–Trinajstić information content (AvgIpc) is 2.34. The summed E-state index contributed by atoms with van der Waals surface area (Å²) in [7, 11) is 0. The summed E-state index contributed by atoms with van der Waals surface area (Å²) in [5, 5.41) is 3.78. The van der Waals surface area contributed by atoms with E-state index in [0.29, 0.717) is 29.8 Å². The van der Waals surface area contributed by atoms with Crippen LogP contribution in [-0.4, -0.2) is 18.1 Å². The molecule has 0 saturated heterocycles. The number of amides is 1. The summed E-state index contributed by atoms with van der Waals surface area (Å²) in [5.74, 6) is 0.0492. The number of halogens is 1. The van der Waals surface area contributed by atoms with Gasteiger partial charge in [-0.15, -0.1) is 0 Å². The van der Waals surface area contributed by atoms with Crippen LogP contribution in [0.2, 0.25) is 5.02 Å². The minimum absolute atomic E-state index is 0.352. The van der Waals surface area contributed by atoms with Crippen molar-refractivity contribution in [1.82, 2.24) is 5.32 Å². The molecule has 1 unspecified atom stereocenters. The predicted molar refractivity (Wildman–Crippen MR) is 77.3 cm³/mol. The minimum atomic E-state index is -0.655. The molecule has 5 heteroatoms. The quantitative estimate of drug-likeness (QED) is 0.808. The zero-order valence-electron chi connectivity index (χ0n) is 11.6. The number of primary amides is 1. The number of benzene rings is 1. The fourth-order valence-electron chi connectivity index (χ4n) is 1.62. The monoisotopic (exact) mass is 284 g/mol. The first-order valence-electron chi connectivity index (χ1n) is 6.42. The van der Waals surface area contributed by atoms with Crippen molar-refractivity contribution < 1.29 is 9.53 Å². The highest BCUT2D eigenvalue weighted by Crippen LogP contribution is 2.30. The first-order valence-corrected chi connectivity index (χ1v) is 6.80. The van der Waals surface area contributed by atoms with Gasteiger partial charge in [-0.05, 0) is 12.5 Å².